The molecule has 2 aromatic carbocycles. The zero-order valence-corrected chi connectivity index (χ0v) is 14.6. The van der Waals surface area contributed by atoms with Crippen molar-refractivity contribution >= 4 is 46.4 Å². The van der Waals surface area contributed by atoms with E-state index in [2.05, 4.69) is 4.98 Å². The van der Waals surface area contributed by atoms with Gasteiger partial charge in [-0.2, -0.15) is 0 Å². The number of benzene rings is 2. The minimum atomic E-state index is -0.183. The van der Waals surface area contributed by atoms with Crippen LogP contribution in [0.1, 0.15) is 0 Å². The number of rotatable bonds is 2. The van der Waals surface area contributed by atoms with E-state index in [1.54, 1.807) is 48.8 Å². The Morgan fingerprint density at radius 2 is 1.09 bits per heavy atom. The van der Waals surface area contributed by atoms with Gasteiger partial charge in [0.15, 0.2) is 5.43 Å². The van der Waals surface area contributed by atoms with E-state index in [1.165, 1.54) is 0 Å². The van der Waals surface area contributed by atoms with Crippen molar-refractivity contribution in [1.29, 1.82) is 0 Å². The van der Waals surface area contributed by atoms with E-state index in [-0.39, 0.29) is 5.43 Å². The second-order valence-electron chi connectivity index (χ2n) is 4.86. The molecule has 116 valence electrons. The van der Waals surface area contributed by atoms with Gasteiger partial charge >= 0.3 is 0 Å². The van der Waals surface area contributed by atoms with Crippen molar-refractivity contribution in [3.63, 3.8) is 0 Å². The molecule has 1 aromatic heterocycles. The summed E-state index contributed by atoms with van der Waals surface area (Å²) in [6.07, 6.45) is 3.20. The maximum Gasteiger partial charge on any atom is 0.197 e. The number of aromatic amines is 1. The van der Waals surface area contributed by atoms with Gasteiger partial charge in [0.1, 0.15) is 0 Å². The number of aromatic nitrogens is 1. The molecule has 23 heavy (non-hydrogen) atoms. The summed E-state index contributed by atoms with van der Waals surface area (Å²) in [7, 11) is 0. The molecule has 3 aromatic rings. The second-order valence-corrected chi connectivity index (χ2v) is 6.55. The van der Waals surface area contributed by atoms with Gasteiger partial charge in [-0.15, -0.1) is 0 Å². The van der Waals surface area contributed by atoms with E-state index in [0.29, 0.717) is 42.3 Å². The van der Waals surface area contributed by atoms with Crippen LogP contribution in [-0.2, 0) is 0 Å². The van der Waals surface area contributed by atoms with Gasteiger partial charge < -0.3 is 4.98 Å². The van der Waals surface area contributed by atoms with Crippen molar-refractivity contribution in [3.05, 3.63) is 79.1 Å². The van der Waals surface area contributed by atoms with E-state index < -0.39 is 0 Å². The summed E-state index contributed by atoms with van der Waals surface area (Å²) in [6.45, 7) is 0. The van der Waals surface area contributed by atoms with Crippen molar-refractivity contribution in [3.8, 4) is 22.3 Å². The molecule has 0 bridgehead atoms. The summed E-state index contributed by atoms with van der Waals surface area (Å²) in [5.74, 6) is 0. The highest BCUT2D eigenvalue weighted by molar-refractivity contribution is 6.37. The van der Waals surface area contributed by atoms with Crippen LogP contribution >= 0.6 is 46.4 Å². The Kier molecular flexibility index (Phi) is 4.69. The number of hydrogen-bond acceptors (Lipinski definition) is 1. The fourth-order valence-corrected chi connectivity index (χ4v) is 3.32. The molecule has 2 nitrogen and oxygen atoms in total. The Bertz CT molecular complexity index is 877. The SMILES string of the molecule is O=c1c(-c2ccc(Cl)cc2Cl)c[nH]cc1-c1ccc(Cl)cc1Cl. The van der Waals surface area contributed by atoms with Crippen molar-refractivity contribution in [2.24, 2.45) is 0 Å². The highest BCUT2D eigenvalue weighted by Crippen LogP contribution is 2.31. The Hall–Kier alpha value is -1.45. The molecule has 0 aliphatic heterocycles. The lowest BCUT2D eigenvalue weighted by atomic mass is 10.0. The lowest BCUT2D eigenvalue weighted by Crippen LogP contribution is -2.09. The van der Waals surface area contributed by atoms with Crippen LogP contribution < -0.4 is 5.43 Å². The molecule has 3 rings (SSSR count). The predicted octanol–water partition coefficient (Wildman–Crippen LogP) is 6.32. The van der Waals surface area contributed by atoms with Crippen molar-refractivity contribution in [2.75, 3.05) is 0 Å². The van der Waals surface area contributed by atoms with E-state index in [4.69, 9.17) is 46.4 Å². The Balaban J connectivity index is 2.21. The van der Waals surface area contributed by atoms with Crippen LogP contribution in [0.3, 0.4) is 0 Å². The van der Waals surface area contributed by atoms with E-state index in [9.17, 15) is 4.79 Å². The van der Waals surface area contributed by atoms with E-state index in [0.717, 1.165) is 0 Å². The number of hydrogen-bond donors (Lipinski definition) is 1. The first-order valence-corrected chi connectivity index (χ1v) is 8.10. The smallest absolute Gasteiger partial charge is 0.197 e. The van der Waals surface area contributed by atoms with Gasteiger partial charge in [0.25, 0.3) is 0 Å². The highest BCUT2D eigenvalue weighted by Gasteiger charge is 2.14. The number of pyridine rings is 1. The Labute approximate surface area is 152 Å². The monoisotopic (exact) mass is 383 g/mol. The number of halogens is 4. The van der Waals surface area contributed by atoms with Gasteiger partial charge in [-0.3, -0.25) is 4.79 Å². The highest BCUT2D eigenvalue weighted by atomic mass is 35.5. The minimum absolute atomic E-state index is 0.183. The summed E-state index contributed by atoms with van der Waals surface area (Å²) in [5, 5.41) is 1.82. The van der Waals surface area contributed by atoms with Gasteiger partial charge in [-0.05, 0) is 24.3 Å². The molecule has 0 aliphatic rings. The molecule has 1 heterocycles. The molecular weight excluding hydrogens is 376 g/mol. The van der Waals surface area contributed by atoms with Crippen LogP contribution in [-0.4, -0.2) is 4.98 Å². The van der Waals surface area contributed by atoms with E-state index >= 15 is 0 Å². The quantitative estimate of drug-likeness (QED) is 0.550. The average molecular weight is 385 g/mol. The van der Waals surface area contributed by atoms with E-state index in [1.807, 2.05) is 0 Å². The topological polar surface area (TPSA) is 32.9 Å². The normalized spacial score (nSPS) is 10.8. The molecule has 0 atom stereocenters. The number of H-pyrrole nitrogens is 1. The van der Waals surface area contributed by atoms with Gasteiger partial charge in [0.05, 0.1) is 10.0 Å². The minimum Gasteiger partial charge on any atom is -0.366 e. The van der Waals surface area contributed by atoms with Gasteiger partial charge in [-0.25, -0.2) is 0 Å². The third-order valence-corrected chi connectivity index (χ3v) is 4.48. The second kappa shape index (κ2) is 6.58. The first-order valence-electron chi connectivity index (χ1n) is 6.59. The molecule has 0 aliphatic carbocycles. The van der Waals surface area contributed by atoms with Crippen LogP contribution in [0.2, 0.25) is 20.1 Å². The molecule has 0 saturated carbocycles. The van der Waals surface area contributed by atoms with Gasteiger partial charge in [0.2, 0.25) is 0 Å². The third kappa shape index (κ3) is 3.26. The maximum absolute atomic E-state index is 12.8. The van der Waals surface area contributed by atoms with Crippen LogP contribution in [0.4, 0.5) is 0 Å². The van der Waals surface area contributed by atoms with Crippen molar-refractivity contribution < 1.29 is 0 Å². The molecular formula is C17H9Cl4NO. The summed E-state index contributed by atoms with van der Waals surface area (Å²) >= 11 is 24.2. The van der Waals surface area contributed by atoms with Crippen LogP contribution in [0.5, 0.6) is 0 Å². The lowest BCUT2D eigenvalue weighted by Gasteiger charge is -2.08. The average Bonchev–Trinajstić information content (AvgIpc) is 2.49. The third-order valence-electron chi connectivity index (χ3n) is 3.39. The number of nitrogens with one attached hydrogen (secondary N) is 1. The first kappa shape index (κ1) is 16.4. The zero-order chi connectivity index (χ0) is 16.6. The molecule has 0 spiro atoms. The molecule has 0 unspecified atom stereocenters. The summed E-state index contributed by atoms with van der Waals surface area (Å²) in [5.41, 5.74) is 1.90. The first-order chi connectivity index (χ1) is 11.0. The fraction of sp³-hybridized carbons (Fsp3) is 0. The molecule has 0 saturated heterocycles. The molecule has 6 heteroatoms. The molecule has 1 N–H and O–H groups in total. The maximum atomic E-state index is 12.8. The van der Waals surface area contributed by atoms with Crippen molar-refractivity contribution in [2.45, 2.75) is 0 Å². The van der Waals surface area contributed by atoms with Gasteiger partial charge in [-0.1, -0.05) is 58.5 Å². The Morgan fingerprint density at radius 3 is 1.48 bits per heavy atom. The van der Waals surface area contributed by atoms with Crippen LogP contribution in [0.15, 0.2) is 53.6 Å². The van der Waals surface area contributed by atoms with Crippen LogP contribution in [0.25, 0.3) is 22.3 Å². The molecule has 0 radical (unpaired) electrons. The standard InChI is InChI=1S/C17H9Cl4NO/c18-9-1-3-11(15(20)5-9)13-7-22-8-14(17(13)23)12-4-2-10(19)6-16(12)21/h1-8H,(H,22,23). The fourth-order valence-electron chi connectivity index (χ4n) is 2.30. The Morgan fingerprint density at radius 1 is 0.652 bits per heavy atom. The van der Waals surface area contributed by atoms with Gasteiger partial charge in [0, 0.05) is 44.7 Å². The largest absolute Gasteiger partial charge is 0.366 e. The zero-order valence-electron chi connectivity index (χ0n) is 11.5. The summed E-state index contributed by atoms with van der Waals surface area (Å²) < 4.78 is 0. The molecule has 0 amide bonds. The summed E-state index contributed by atoms with van der Waals surface area (Å²) in [6, 6.07) is 9.99. The predicted molar refractivity (Wildman–Crippen MR) is 98.0 cm³/mol. The lowest BCUT2D eigenvalue weighted by molar-refractivity contribution is 1.30. The van der Waals surface area contributed by atoms with Crippen LogP contribution in [0, 0.1) is 0 Å². The van der Waals surface area contributed by atoms with Crippen molar-refractivity contribution in [1.82, 2.24) is 4.98 Å². The molecule has 0 fully saturated rings. The summed E-state index contributed by atoms with van der Waals surface area (Å²) in [4.78, 5) is 15.8.